The molecule has 23 heteroatoms. The second-order valence-electron chi connectivity index (χ2n) is 11.3. The third-order valence-corrected chi connectivity index (χ3v) is 6.45. The highest BCUT2D eigenvalue weighted by molar-refractivity contribution is 7.46. The van der Waals surface area contributed by atoms with Gasteiger partial charge in [0.25, 0.3) is 0 Å². The first-order chi connectivity index (χ1) is 26.1. The van der Waals surface area contributed by atoms with E-state index in [4.69, 9.17) is 36.5 Å². The fourth-order valence-corrected chi connectivity index (χ4v) is 2.47. The molecule has 1 heterocycles. The number of carbonyl (C=O) groups is 9. The number of aromatic nitrogens is 1. The average Bonchev–Trinajstić information content (AvgIpc) is 3.09. The summed E-state index contributed by atoms with van der Waals surface area (Å²) in [6.45, 7) is 12.9. The lowest BCUT2D eigenvalue weighted by molar-refractivity contribution is -0.138. The van der Waals surface area contributed by atoms with Crippen molar-refractivity contribution in [2.75, 3.05) is 13.2 Å². The molecule has 0 aliphatic heterocycles. The zero-order valence-electron chi connectivity index (χ0n) is 33.6. The molecule has 0 aliphatic rings. The number of carbonyl (C=O) groups excluding carboxylic acids is 7. The van der Waals surface area contributed by atoms with Gasteiger partial charge in [0.15, 0.2) is 35.2 Å². The summed E-state index contributed by atoms with van der Waals surface area (Å²) in [7, 11) is -4.61. The lowest BCUT2D eigenvalue weighted by Gasteiger charge is -2.09. The first-order valence-electron chi connectivity index (χ1n) is 16.6. The Morgan fingerprint density at radius 1 is 0.807 bits per heavy atom. The number of carboxylic acids is 2. The Balaban J connectivity index is -0.000000200. The molecule has 0 spiro atoms. The maximum atomic E-state index is 10.7. The Bertz CT molecular complexity index is 1480. The number of phosphoric acid groups is 1. The Labute approximate surface area is 330 Å². The van der Waals surface area contributed by atoms with Crippen molar-refractivity contribution < 1.29 is 87.0 Å². The number of oxime groups is 1. The van der Waals surface area contributed by atoms with Crippen LogP contribution in [0.5, 0.6) is 5.75 Å². The zero-order chi connectivity index (χ0) is 45.9. The number of Topliss-reactive ketones (excluding diaryl/α,β-unsaturated/α-hetero) is 6. The van der Waals surface area contributed by atoms with Crippen molar-refractivity contribution in [2.24, 2.45) is 16.8 Å². The topological polar surface area (TPSA) is 377 Å². The minimum Gasteiger partial charge on any atom is -0.505 e. The summed E-state index contributed by atoms with van der Waals surface area (Å²) >= 11 is 0. The minimum absolute atomic E-state index is 0.0370. The molecular formula is C34H57N4O18P. The highest BCUT2D eigenvalue weighted by Crippen LogP contribution is 2.37. The molecule has 0 bridgehead atoms. The zero-order valence-corrected chi connectivity index (χ0v) is 34.5. The van der Waals surface area contributed by atoms with Gasteiger partial charge in [0.2, 0.25) is 0 Å². The first kappa shape index (κ1) is 61.3. The van der Waals surface area contributed by atoms with Crippen molar-refractivity contribution >= 4 is 66.5 Å². The third kappa shape index (κ3) is 47.1. The Kier molecular flexibility index (Phi) is 39.4. The van der Waals surface area contributed by atoms with Gasteiger partial charge in [-0.2, -0.15) is 0 Å². The van der Waals surface area contributed by atoms with E-state index >= 15 is 0 Å². The van der Waals surface area contributed by atoms with Crippen molar-refractivity contribution in [3.63, 3.8) is 0 Å². The number of hydrogen-bond acceptors (Lipinski definition) is 18. The van der Waals surface area contributed by atoms with E-state index in [9.17, 15) is 52.8 Å². The highest BCUT2D eigenvalue weighted by atomic mass is 31.2. The van der Waals surface area contributed by atoms with Crippen LogP contribution in [0.2, 0.25) is 0 Å². The van der Waals surface area contributed by atoms with Gasteiger partial charge in [-0.25, -0.2) is 10.5 Å². The number of unbranched alkanes of at least 4 members (excludes halogenated alkanes) is 2. The van der Waals surface area contributed by atoms with E-state index in [0.717, 1.165) is 0 Å². The van der Waals surface area contributed by atoms with Gasteiger partial charge < -0.3 is 40.5 Å². The second-order valence-corrected chi connectivity index (χ2v) is 12.5. The Hall–Kier alpha value is -4.96. The molecule has 0 saturated carbocycles. The number of aromatic hydroxyl groups is 1. The Morgan fingerprint density at radius 2 is 1.21 bits per heavy atom. The van der Waals surface area contributed by atoms with Crippen LogP contribution in [-0.2, 0) is 63.7 Å². The second kappa shape index (κ2) is 36.7. The molecule has 1 unspecified atom stereocenters. The summed E-state index contributed by atoms with van der Waals surface area (Å²) in [4.78, 5) is 120. The molecule has 57 heavy (non-hydrogen) atoms. The van der Waals surface area contributed by atoms with E-state index in [1.54, 1.807) is 13.8 Å². The van der Waals surface area contributed by atoms with Gasteiger partial charge in [-0.05, 0) is 53.4 Å². The third-order valence-electron chi connectivity index (χ3n) is 5.99. The molecule has 1 atom stereocenters. The largest absolute Gasteiger partial charge is 0.505 e. The van der Waals surface area contributed by atoms with Crippen LogP contribution in [0.1, 0.15) is 116 Å². The van der Waals surface area contributed by atoms with E-state index in [2.05, 4.69) is 19.5 Å². The molecule has 22 nitrogen and oxygen atoms in total. The predicted molar refractivity (Wildman–Crippen MR) is 203 cm³/mol. The lowest BCUT2D eigenvalue weighted by Crippen LogP contribution is -2.23. The number of hydrogen-bond donors (Lipinski definition) is 7. The van der Waals surface area contributed by atoms with Crippen LogP contribution in [0.3, 0.4) is 0 Å². The molecule has 0 fully saturated rings. The normalized spacial score (nSPS) is 10.5. The van der Waals surface area contributed by atoms with Crippen LogP contribution in [0, 0.1) is 6.92 Å². The number of aliphatic carboxylic acids is 2. The lowest BCUT2D eigenvalue weighted by atomic mass is 10.1. The maximum Gasteiger partial charge on any atom is 0.469 e. The summed E-state index contributed by atoms with van der Waals surface area (Å²) in [6.07, 6.45) is 4.46. The number of carboxylic acid groups (broad SMARTS) is 2. The van der Waals surface area contributed by atoms with Gasteiger partial charge in [0, 0.05) is 59.2 Å². The SMILES string of the molecule is CC(=O)/C(C)=N/OCCCCC(=O)O.CC(=O)C(C)=O.CC(=O)C(C)=O.CC(=O)C(C)N.Cc1ncc(COP(=O)(O)O)c(C=O)c1O.NOCCCCC(=O)O. The quantitative estimate of drug-likeness (QED) is 0.0262. The standard InChI is InChI=1S/C9H15NO4.C8H10NO6P.C5H11NO3.C4H9NO.2C4H6O2/c1-7(8(2)11)10-14-6-4-3-5-9(12)13;1-5-8(11)7(3-10)6(2-9-5)4-15-16(12,13)14;6-9-4-2-1-3-5(7)8;3*1-3(5)4(2)6/h3-6H2,1-2H3,(H,12,13);2-3,11H,4H2,1H3,(H2,12,13,14);1-4,6H2,(H,7,8);3H,5H2,1-2H3;2*1-2H3/b10-7+;;;;;. The van der Waals surface area contributed by atoms with Crippen LogP contribution < -0.4 is 11.6 Å². The van der Waals surface area contributed by atoms with Crippen LogP contribution >= 0.6 is 7.82 Å². The summed E-state index contributed by atoms with van der Waals surface area (Å²) in [6, 6.07) is -0.287. The van der Waals surface area contributed by atoms with Crippen molar-refractivity contribution in [1.29, 1.82) is 0 Å². The fourth-order valence-electron chi connectivity index (χ4n) is 2.16. The van der Waals surface area contributed by atoms with E-state index < -0.39 is 26.4 Å². The van der Waals surface area contributed by atoms with Crippen LogP contribution in [-0.4, -0.2) is 108 Å². The number of nitrogens with two attached hydrogens (primary N) is 2. The van der Waals surface area contributed by atoms with Gasteiger partial charge in [-0.1, -0.05) is 5.16 Å². The summed E-state index contributed by atoms with van der Waals surface area (Å²) in [5.41, 5.74) is 5.69. The molecule has 0 aromatic carbocycles. The maximum absolute atomic E-state index is 10.7. The molecule has 0 saturated heterocycles. The number of pyridine rings is 1. The van der Waals surface area contributed by atoms with E-state index in [1.165, 1.54) is 54.7 Å². The number of rotatable bonds is 19. The van der Waals surface area contributed by atoms with Crippen molar-refractivity contribution in [1.82, 2.24) is 4.98 Å². The summed E-state index contributed by atoms with van der Waals surface area (Å²) in [5.74, 6) is 1.19. The van der Waals surface area contributed by atoms with Gasteiger partial charge in [0.05, 0.1) is 30.5 Å². The van der Waals surface area contributed by atoms with E-state index in [0.29, 0.717) is 50.9 Å². The molecule has 0 radical (unpaired) electrons. The molecule has 1 rings (SSSR count). The van der Waals surface area contributed by atoms with Crippen LogP contribution in [0.15, 0.2) is 11.4 Å². The van der Waals surface area contributed by atoms with Gasteiger partial charge in [-0.15, -0.1) is 0 Å². The van der Waals surface area contributed by atoms with Gasteiger partial charge in [-0.3, -0.25) is 52.7 Å². The van der Waals surface area contributed by atoms with Crippen LogP contribution in [0.4, 0.5) is 0 Å². The first-order valence-corrected chi connectivity index (χ1v) is 18.2. The highest BCUT2D eigenvalue weighted by Gasteiger charge is 2.17. The van der Waals surface area contributed by atoms with E-state index in [1.807, 2.05) is 0 Å². The number of phosphoric ester groups is 1. The molecule has 1 aromatic heterocycles. The van der Waals surface area contributed by atoms with Crippen molar-refractivity contribution in [3.8, 4) is 5.75 Å². The number of aldehydes is 1. The molecule has 9 N–H and O–H groups in total. The fraction of sp³-hybridized carbons (Fsp3) is 0.559. The van der Waals surface area contributed by atoms with E-state index in [-0.39, 0.29) is 76.2 Å². The molecule has 326 valence electrons. The van der Waals surface area contributed by atoms with Gasteiger partial charge >= 0.3 is 19.8 Å². The molecule has 0 aliphatic carbocycles. The smallest absolute Gasteiger partial charge is 0.469 e. The van der Waals surface area contributed by atoms with Crippen molar-refractivity contribution in [3.05, 3.63) is 23.0 Å². The monoisotopic (exact) mass is 840 g/mol. The number of aryl methyl sites for hydroxylation is 1. The number of ketones is 6. The van der Waals surface area contributed by atoms with Gasteiger partial charge in [0.1, 0.15) is 23.9 Å². The summed E-state index contributed by atoms with van der Waals surface area (Å²) < 4.78 is 14.7. The molecule has 0 amide bonds. The molecular weight excluding hydrogens is 783 g/mol. The summed E-state index contributed by atoms with van der Waals surface area (Å²) in [5, 5.41) is 29.5. The molecule has 1 aromatic rings. The Morgan fingerprint density at radius 3 is 1.51 bits per heavy atom. The minimum atomic E-state index is -4.61. The predicted octanol–water partition coefficient (Wildman–Crippen LogP) is 2.12. The average molecular weight is 841 g/mol. The van der Waals surface area contributed by atoms with Crippen LogP contribution in [0.25, 0.3) is 0 Å². The van der Waals surface area contributed by atoms with Crippen molar-refractivity contribution in [2.45, 2.75) is 113 Å². The number of nitrogens with zero attached hydrogens (tertiary/aromatic N) is 2.